The Bertz CT molecular complexity index is 909. The maximum atomic E-state index is 12.1. The number of aromatic nitrogens is 2. The molecule has 3 aromatic rings. The van der Waals surface area contributed by atoms with Crippen molar-refractivity contribution in [1.82, 2.24) is 9.55 Å². The van der Waals surface area contributed by atoms with Gasteiger partial charge in [-0.3, -0.25) is 0 Å². The van der Waals surface area contributed by atoms with Crippen molar-refractivity contribution >= 4 is 22.7 Å². The van der Waals surface area contributed by atoms with Crippen LogP contribution in [0, 0.1) is 0 Å². The van der Waals surface area contributed by atoms with Crippen LogP contribution in [0.4, 0.5) is 5.82 Å². The van der Waals surface area contributed by atoms with Gasteiger partial charge in [0, 0.05) is 37.4 Å². The van der Waals surface area contributed by atoms with Crippen LogP contribution in [0.2, 0.25) is 0 Å². The number of hydrogen-bond donors (Lipinski definition) is 0. The van der Waals surface area contributed by atoms with E-state index in [0.29, 0.717) is 12.1 Å². The molecule has 5 nitrogen and oxygen atoms in total. The minimum Gasteiger partial charge on any atom is -0.465 e. The Balaban J connectivity index is 1.60. The molecule has 1 aliphatic heterocycles. The first kappa shape index (κ1) is 16.6. The first-order chi connectivity index (χ1) is 12.8. The van der Waals surface area contributed by atoms with Gasteiger partial charge in [0.05, 0.1) is 18.2 Å². The Kier molecular flexibility index (Phi) is 4.61. The number of fused-ring (bicyclic) bond motifs is 1. The fourth-order valence-corrected chi connectivity index (χ4v) is 3.68. The molecule has 26 heavy (non-hydrogen) atoms. The number of methoxy groups -OCH3 is 1. The lowest BCUT2D eigenvalue weighted by Gasteiger charge is -2.27. The van der Waals surface area contributed by atoms with Crippen LogP contribution < -0.4 is 4.90 Å². The maximum Gasteiger partial charge on any atom is 0.340 e. The molecule has 0 unspecified atom stereocenters. The largest absolute Gasteiger partial charge is 0.465 e. The van der Waals surface area contributed by atoms with Gasteiger partial charge in [-0.15, -0.1) is 0 Å². The lowest BCUT2D eigenvalue weighted by atomic mass is 10.1. The van der Waals surface area contributed by atoms with Gasteiger partial charge in [0.25, 0.3) is 0 Å². The number of rotatable bonds is 4. The molecule has 0 radical (unpaired) electrons. The maximum absolute atomic E-state index is 12.1. The van der Waals surface area contributed by atoms with Gasteiger partial charge in [-0.25, -0.2) is 9.78 Å². The highest BCUT2D eigenvalue weighted by Gasteiger charge is 2.15. The number of carbonyl (C=O) groups excluding carboxylic acids is 1. The van der Waals surface area contributed by atoms with Crippen LogP contribution in [0.1, 0.15) is 35.2 Å². The molecule has 0 atom stereocenters. The molecule has 3 heterocycles. The first-order valence-electron chi connectivity index (χ1n) is 9.12. The normalized spacial score (nSPS) is 14.6. The van der Waals surface area contributed by atoms with Gasteiger partial charge >= 0.3 is 5.97 Å². The lowest BCUT2D eigenvalue weighted by Crippen LogP contribution is -2.30. The van der Waals surface area contributed by atoms with Crippen LogP contribution in [0.3, 0.4) is 0 Å². The summed E-state index contributed by atoms with van der Waals surface area (Å²) >= 11 is 0. The third-order valence-corrected chi connectivity index (χ3v) is 5.04. The number of piperidine rings is 1. The summed E-state index contributed by atoms with van der Waals surface area (Å²) in [5.41, 5.74) is 2.61. The molecule has 1 aromatic carbocycles. The van der Waals surface area contributed by atoms with Crippen LogP contribution in [0.15, 0.2) is 48.8 Å². The van der Waals surface area contributed by atoms with Crippen molar-refractivity contribution in [2.75, 3.05) is 25.1 Å². The molecule has 0 aliphatic carbocycles. The molecule has 0 saturated carbocycles. The highest BCUT2D eigenvalue weighted by atomic mass is 16.5. The Hall–Kier alpha value is -2.82. The highest BCUT2D eigenvalue weighted by Crippen LogP contribution is 2.23. The van der Waals surface area contributed by atoms with E-state index in [1.54, 1.807) is 0 Å². The predicted octanol–water partition coefficient (Wildman–Crippen LogP) is 3.86. The number of benzene rings is 1. The van der Waals surface area contributed by atoms with Crippen LogP contribution in [-0.4, -0.2) is 35.7 Å². The van der Waals surface area contributed by atoms with E-state index in [-0.39, 0.29) is 5.97 Å². The minimum absolute atomic E-state index is 0.311. The van der Waals surface area contributed by atoms with E-state index in [9.17, 15) is 4.79 Å². The smallest absolute Gasteiger partial charge is 0.340 e. The van der Waals surface area contributed by atoms with Crippen LogP contribution in [0.5, 0.6) is 0 Å². The number of para-hydroxylation sites is 1. The zero-order valence-electron chi connectivity index (χ0n) is 15.0. The average Bonchev–Trinajstić information content (AvgIpc) is 3.11. The van der Waals surface area contributed by atoms with Gasteiger partial charge < -0.3 is 14.2 Å². The van der Waals surface area contributed by atoms with Gasteiger partial charge in [-0.05, 0) is 43.0 Å². The summed E-state index contributed by atoms with van der Waals surface area (Å²) in [6.07, 6.45) is 7.76. The summed E-state index contributed by atoms with van der Waals surface area (Å²) in [6, 6.07) is 12.0. The first-order valence-corrected chi connectivity index (χ1v) is 9.12. The van der Waals surface area contributed by atoms with Crippen molar-refractivity contribution in [2.45, 2.75) is 25.8 Å². The van der Waals surface area contributed by atoms with E-state index in [1.165, 1.54) is 26.4 Å². The third kappa shape index (κ3) is 3.17. The van der Waals surface area contributed by atoms with Crippen LogP contribution >= 0.6 is 0 Å². The van der Waals surface area contributed by atoms with Crippen molar-refractivity contribution in [1.29, 1.82) is 0 Å². The van der Waals surface area contributed by atoms with E-state index < -0.39 is 0 Å². The summed E-state index contributed by atoms with van der Waals surface area (Å²) < 4.78 is 7.01. The van der Waals surface area contributed by atoms with E-state index in [2.05, 4.69) is 26.6 Å². The topological polar surface area (TPSA) is 47.4 Å². The minimum atomic E-state index is -0.311. The standard InChI is InChI=1S/C21H23N3O2/c1-26-21(25)18-7-5-6-17-10-13-24(20(17)18)15-16-8-9-19(22-14-16)23-11-3-2-4-12-23/h5-10,13-14H,2-4,11-12,15H2,1H3. The summed E-state index contributed by atoms with van der Waals surface area (Å²) in [6.45, 7) is 2.86. The molecule has 0 N–H and O–H groups in total. The van der Waals surface area contributed by atoms with E-state index in [4.69, 9.17) is 4.74 Å². The molecule has 134 valence electrons. The molecule has 0 spiro atoms. The Morgan fingerprint density at radius 1 is 1.12 bits per heavy atom. The van der Waals surface area contributed by atoms with Crippen molar-refractivity contribution in [3.05, 3.63) is 59.9 Å². The van der Waals surface area contributed by atoms with Gasteiger partial charge in [-0.2, -0.15) is 0 Å². The molecule has 0 bridgehead atoms. The number of carbonyl (C=O) groups is 1. The average molecular weight is 349 g/mol. The molecule has 1 aliphatic rings. The van der Waals surface area contributed by atoms with Crippen molar-refractivity contribution < 1.29 is 9.53 Å². The summed E-state index contributed by atoms with van der Waals surface area (Å²) in [5, 5.41) is 1.03. The predicted molar refractivity (Wildman–Crippen MR) is 103 cm³/mol. The molecular weight excluding hydrogens is 326 g/mol. The van der Waals surface area contributed by atoms with Gasteiger partial charge in [0.1, 0.15) is 5.82 Å². The highest BCUT2D eigenvalue weighted by molar-refractivity contribution is 6.03. The van der Waals surface area contributed by atoms with Crippen molar-refractivity contribution in [2.24, 2.45) is 0 Å². The second kappa shape index (κ2) is 7.20. The van der Waals surface area contributed by atoms with Gasteiger partial charge in [0.2, 0.25) is 0 Å². The molecule has 1 saturated heterocycles. The molecule has 4 rings (SSSR count). The fraction of sp³-hybridized carbons (Fsp3) is 0.333. The third-order valence-electron chi connectivity index (χ3n) is 5.04. The second-order valence-corrected chi connectivity index (χ2v) is 6.75. The van der Waals surface area contributed by atoms with Gasteiger partial charge in [0.15, 0.2) is 0 Å². The zero-order chi connectivity index (χ0) is 17.9. The number of pyridine rings is 1. The van der Waals surface area contributed by atoms with Crippen LogP contribution in [0.25, 0.3) is 10.9 Å². The Labute approximate surface area is 153 Å². The summed E-state index contributed by atoms with van der Waals surface area (Å²) in [7, 11) is 1.41. The van der Waals surface area contributed by atoms with Crippen molar-refractivity contribution in [3.8, 4) is 0 Å². The lowest BCUT2D eigenvalue weighted by molar-refractivity contribution is 0.0602. The monoisotopic (exact) mass is 349 g/mol. The van der Waals surface area contributed by atoms with E-state index in [1.807, 2.05) is 36.7 Å². The molecule has 0 amide bonds. The van der Waals surface area contributed by atoms with Crippen LogP contribution in [-0.2, 0) is 11.3 Å². The quantitative estimate of drug-likeness (QED) is 0.671. The van der Waals surface area contributed by atoms with E-state index in [0.717, 1.165) is 35.4 Å². The Morgan fingerprint density at radius 2 is 1.96 bits per heavy atom. The summed E-state index contributed by atoms with van der Waals surface area (Å²) in [4.78, 5) is 19.1. The number of ether oxygens (including phenoxy) is 1. The number of anilines is 1. The Morgan fingerprint density at radius 3 is 2.69 bits per heavy atom. The van der Waals surface area contributed by atoms with E-state index >= 15 is 0 Å². The molecular formula is C21H23N3O2. The van der Waals surface area contributed by atoms with Crippen molar-refractivity contribution in [3.63, 3.8) is 0 Å². The number of esters is 1. The molecule has 2 aromatic heterocycles. The molecule has 1 fully saturated rings. The molecule has 5 heteroatoms. The SMILES string of the molecule is COC(=O)c1cccc2ccn(Cc3ccc(N4CCCCC4)nc3)c12. The number of hydrogen-bond acceptors (Lipinski definition) is 4. The fourth-order valence-electron chi connectivity index (χ4n) is 3.68. The van der Waals surface area contributed by atoms with Gasteiger partial charge in [-0.1, -0.05) is 18.2 Å². The summed E-state index contributed by atoms with van der Waals surface area (Å²) in [5.74, 6) is 0.746. The number of nitrogens with zero attached hydrogens (tertiary/aromatic N) is 3. The second-order valence-electron chi connectivity index (χ2n) is 6.75. The zero-order valence-corrected chi connectivity index (χ0v) is 15.0.